The van der Waals surface area contributed by atoms with Crippen molar-refractivity contribution in [2.24, 2.45) is 11.7 Å². The van der Waals surface area contributed by atoms with Crippen molar-refractivity contribution < 1.29 is 4.52 Å². The summed E-state index contributed by atoms with van der Waals surface area (Å²) >= 11 is 3.45. The molecular weight excluding hydrogens is 294 g/mol. The number of benzene rings is 1. The van der Waals surface area contributed by atoms with E-state index in [2.05, 4.69) is 26.1 Å². The molecule has 1 aliphatic carbocycles. The molecule has 0 spiro atoms. The number of rotatable bonds is 3. The molecule has 1 atom stereocenters. The third-order valence-corrected chi connectivity index (χ3v) is 3.79. The van der Waals surface area contributed by atoms with Gasteiger partial charge in [0.1, 0.15) is 0 Å². The molecule has 0 radical (unpaired) electrons. The Kier molecular flexibility index (Phi) is 2.95. The Labute approximate surface area is 114 Å². The van der Waals surface area contributed by atoms with Gasteiger partial charge in [-0.15, -0.1) is 0 Å². The Morgan fingerprint density at radius 2 is 2.22 bits per heavy atom. The molecule has 1 saturated carbocycles. The summed E-state index contributed by atoms with van der Waals surface area (Å²) in [5, 5.41) is 4.00. The summed E-state index contributed by atoms with van der Waals surface area (Å²) in [5.41, 5.74) is 8.12. The zero-order valence-electron chi connectivity index (χ0n) is 10.1. The first-order valence-corrected chi connectivity index (χ1v) is 6.80. The molecule has 1 aromatic carbocycles. The number of nitrogens with two attached hydrogens (primary N) is 1. The highest BCUT2D eigenvalue weighted by Crippen LogP contribution is 2.39. The van der Waals surface area contributed by atoms with E-state index in [1.807, 2.05) is 25.1 Å². The molecule has 0 amide bonds. The summed E-state index contributed by atoms with van der Waals surface area (Å²) in [5.74, 6) is 1.69. The number of hydrogen-bond acceptors (Lipinski definition) is 4. The number of halogens is 1. The van der Waals surface area contributed by atoms with Crippen LogP contribution in [0.4, 0.5) is 0 Å². The minimum absolute atomic E-state index is 0.0880. The van der Waals surface area contributed by atoms with E-state index in [4.69, 9.17) is 10.3 Å². The molecule has 2 N–H and O–H groups in total. The molecule has 0 bridgehead atoms. The fourth-order valence-corrected chi connectivity index (χ4v) is 2.33. The van der Waals surface area contributed by atoms with Crippen LogP contribution in [0.15, 0.2) is 27.2 Å². The zero-order chi connectivity index (χ0) is 12.7. The Hall–Kier alpha value is -1.20. The van der Waals surface area contributed by atoms with Crippen molar-refractivity contribution in [3.63, 3.8) is 0 Å². The maximum absolute atomic E-state index is 6.07. The number of aromatic nitrogens is 2. The third kappa shape index (κ3) is 2.20. The van der Waals surface area contributed by atoms with E-state index in [0.29, 0.717) is 17.6 Å². The molecule has 0 aliphatic heterocycles. The molecular formula is C13H14BrN3O. The van der Waals surface area contributed by atoms with Crippen molar-refractivity contribution in [2.75, 3.05) is 0 Å². The lowest BCUT2D eigenvalue weighted by Crippen LogP contribution is -2.13. The van der Waals surface area contributed by atoms with Crippen LogP contribution in [0.3, 0.4) is 0 Å². The summed E-state index contributed by atoms with van der Waals surface area (Å²) in [7, 11) is 0. The lowest BCUT2D eigenvalue weighted by atomic mass is 10.1. The molecule has 1 aliphatic rings. The maximum atomic E-state index is 6.07. The molecule has 4 nitrogen and oxygen atoms in total. The normalized spacial score (nSPS) is 16.8. The molecule has 18 heavy (non-hydrogen) atoms. The highest BCUT2D eigenvalue weighted by molar-refractivity contribution is 9.10. The smallest absolute Gasteiger partial charge is 0.258 e. The Morgan fingerprint density at radius 3 is 2.94 bits per heavy atom. The summed E-state index contributed by atoms with van der Waals surface area (Å²) in [4.78, 5) is 4.42. The average molecular weight is 308 g/mol. The van der Waals surface area contributed by atoms with E-state index in [1.165, 1.54) is 12.8 Å². The van der Waals surface area contributed by atoms with Gasteiger partial charge in [-0.25, -0.2) is 0 Å². The van der Waals surface area contributed by atoms with Gasteiger partial charge in [-0.2, -0.15) is 4.98 Å². The standard InChI is InChI=1S/C13H14BrN3O/c1-7-2-5-9(14)6-10(7)13-16-12(17-18-13)11(15)8-3-4-8/h2,5-6,8,11H,3-4,15H2,1H3. The second kappa shape index (κ2) is 4.48. The second-order valence-electron chi connectivity index (χ2n) is 4.78. The van der Waals surface area contributed by atoms with Gasteiger partial charge >= 0.3 is 0 Å². The monoisotopic (exact) mass is 307 g/mol. The molecule has 1 fully saturated rings. The predicted molar refractivity (Wildman–Crippen MR) is 71.8 cm³/mol. The minimum atomic E-state index is -0.0880. The van der Waals surface area contributed by atoms with Crippen LogP contribution in [-0.2, 0) is 0 Å². The van der Waals surface area contributed by atoms with E-state index in [1.54, 1.807) is 0 Å². The van der Waals surface area contributed by atoms with Crippen molar-refractivity contribution >= 4 is 15.9 Å². The fourth-order valence-electron chi connectivity index (χ4n) is 1.97. The van der Waals surface area contributed by atoms with Crippen LogP contribution in [0, 0.1) is 12.8 Å². The van der Waals surface area contributed by atoms with Crippen molar-refractivity contribution in [1.29, 1.82) is 0 Å². The highest BCUT2D eigenvalue weighted by Gasteiger charge is 2.32. The quantitative estimate of drug-likeness (QED) is 0.945. The van der Waals surface area contributed by atoms with E-state index in [-0.39, 0.29) is 6.04 Å². The van der Waals surface area contributed by atoms with Crippen molar-refractivity contribution in [2.45, 2.75) is 25.8 Å². The van der Waals surface area contributed by atoms with Crippen LogP contribution in [0.5, 0.6) is 0 Å². The summed E-state index contributed by atoms with van der Waals surface area (Å²) in [6, 6.07) is 5.90. The lowest BCUT2D eigenvalue weighted by Gasteiger charge is -2.02. The lowest BCUT2D eigenvalue weighted by molar-refractivity contribution is 0.411. The van der Waals surface area contributed by atoms with Gasteiger partial charge in [-0.3, -0.25) is 0 Å². The van der Waals surface area contributed by atoms with Crippen LogP contribution in [0.1, 0.15) is 30.3 Å². The van der Waals surface area contributed by atoms with Gasteiger partial charge < -0.3 is 10.3 Å². The van der Waals surface area contributed by atoms with Gasteiger partial charge in [-0.05, 0) is 43.4 Å². The van der Waals surface area contributed by atoms with Gasteiger partial charge in [0.05, 0.1) is 6.04 Å². The zero-order valence-corrected chi connectivity index (χ0v) is 11.6. The van der Waals surface area contributed by atoms with Crippen LogP contribution >= 0.6 is 15.9 Å². The molecule has 94 valence electrons. The Morgan fingerprint density at radius 1 is 1.44 bits per heavy atom. The van der Waals surface area contributed by atoms with E-state index in [0.717, 1.165) is 15.6 Å². The van der Waals surface area contributed by atoms with Gasteiger partial charge in [0.15, 0.2) is 5.82 Å². The fraction of sp³-hybridized carbons (Fsp3) is 0.385. The molecule has 2 aromatic rings. The van der Waals surface area contributed by atoms with Crippen LogP contribution in [0.2, 0.25) is 0 Å². The van der Waals surface area contributed by atoms with Gasteiger partial charge in [0.2, 0.25) is 0 Å². The Balaban J connectivity index is 1.94. The second-order valence-corrected chi connectivity index (χ2v) is 5.70. The van der Waals surface area contributed by atoms with Crippen molar-refractivity contribution in [3.05, 3.63) is 34.1 Å². The number of hydrogen-bond donors (Lipinski definition) is 1. The molecule has 1 heterocycles. The molecule has 1 unspecified atom stereocenters. The van der Waals surface area contributed by atoms with Crippen LogP contribution < -0.4 is 5.73 Å². The largest absolute Gasteiger partial charge is 0.334 e. The summed E-state index contributed by atoms with van der Waals surface area (Å²) in [6.45, 7) is 2.02. The maximum Gasteiger partial charge on any atom is 0.258 e. The molecule has 0 saturated heterocycles. The third-order valence-electron chi connectivity index (χ3n) is 3.30. The van der Waals surface area contributed by atoms with E-state index < -0.39 is 0 Å². The van der Waals surface area contributed by atoms with Crippen molar-refractivity contribution in [1.82, 2.24) is 10.1 Å². The van der Waals surface area contributed by atoms with Gasteiger partial charge in [0, 0.05) is 10.0 Å². The van der Waals surface area contributed by atoms with Crippen LogP contribution in [-0.4, -0.2) is 10.1 Å². The van der Waals surface area contributed by atoms with Gasteiger partial charge in [0.25, 0.3) is 5.89 Å². The van der Waals surface area contributed by atoms with Gasteiger partial charge in [-0.1, -0.05) is 27.2 Å². The van der Waals surface area contributed by atoms with E-state index in [9.17, 15) is 0 Å². The predicted octanol–water partition coefficient (Wildman–Crippen LogP) is 3.22. The first kappa shape index (κ1) is 11.9. The highest BCUT2D eigenvalue weighted by atomic mass is 79.9. The topological polar surface area (TPSA) is 64.9 Å². The van der Waals surface area contributed by atoms with Crippen molar-refractivity contribution in [3.8, 4) is 11.5 Å². The number of nitrogens with zero attached hydrogens (tertiary/aromatic N) is 2. The van der Waals surface area contributed by atoms with E-state index >= 15 is 0 Å². The molecule has 3 rings (SSSR count). The number of aryl methyl sites for hydroxylation is 1. The van der Waals surface area contributed by atoms with Crippen LogP contribution in [0.25, 0.3) is 11.5 Å². The first-order chi connectivity index (χ1) is 8.65. The SMILES string of the molecule is Cc1ccc(Br)cc1-c1nc(C(N)C2CC2)no1. The molecule has 5 heteroatoms. The first-order valence-electron chi connectivity index (χ1n) is 6.01. The Bertz CT molecular complexity index is 577. The minimum Gasteiger partial charge on any atom is -0.334 e. The average Bonchev–Trinajstić information content (AvgIpc) is 3.09. The summed E-state index contributed by atoms with van der Waals surface area (Å²) < 4.78 is 6.32. The molecule has 1 aromatic heterocycles. The summed E-state index contributed by atoms with van der Waals surface area (Å²) in [6.07, 6.45) is 2.34.